The van der Waals surface area contributed by atoms with Crippen LogP contribution in [0.25, 0.3) is 11.3 Å². The van der Waals surface area contributed by atoms with Gasteiger partial charge in [0.1, 0.15) is 5.82 Å². The molecule has 32 heavy (non-hydrogen) atoms. The highest BCUT2D eigenvalue weighted by atomic mass is 19.1. The zero-order valence-corrected chi connectivity index (χ0v) is 18.1. The minimum Gasteiger partial charge on any atom is -0.493 e. The number of nitrogens with zero attached hydrogens (tertiary/aromatic N) is 1. The SMILES string of the molecule is COc1ccc(C2=C(C)NC(c3ccccc3)=C(C#N)C2c2ccc(F)cc2)cc1OC. The first-order chi connectivity index (χ1) is 15.6. The van der Waals surface area contributed by atoms with Crippen LogP contribution in [-0.2, 0) is 0 Å². The molecule has 1 heterocycles. The number of hydrogen-bond acceptors (Lipinski definition) is 4. The Morgan fingerprint density at radius 2 is 1.56 bits per heavy atom. The second-order valence-corrected chi connectivity index (χ2v) is 7.48. The van der Waals surface area contributed by atoms with Crippen molar-refractivity contribution in [3.8, 4) is 17.6 Å². The van der Waals surface area contributed by atoms with E-state index in [2.05, 4.69) is 11.4 Å². The lowest BCUT2D eigenvalue weighted by atomic mass is 9.77. The summed E-state index contributed by atoms with van der Waals surface area (Å²) in [5.41, 5.74) is 5.80. The first-order valence-corrected chi connectivity index (χ1v) is 10.2. The second kappa shape index (κ2) is 8.99. The van der Waals surface area contributed by atoms with Crippen LogP contribution < -0.4 is 14.8 Å². The molecule has 4 rings (SSSR count). The van der Waals surface area contributed by atoms with Crippen LogP contribution in [0.5, 0.6) is 11.5 Å². The van der Waals surface area contributed by atoms with Crippen LogP contribution in [0.1, 0.15) is 29.5 Å². The Hall–Kier alpha value is -4.04. The van der Waals surface area contributed by atoms with E-state index >= 15 is 0 Å². The molecule has 0 spiro atoms. The Bertz CT molecular complexity index is 1240. The first kappa shape index (κ1) is 21.2. The van der Waals surface area contributed by atoms with Gasteiger partial charge in [-0.15, -0.1) is 0 Å². The van der Waals surface area contributed by atoms with Crippen molar-refractivity contribution in [2.24, 2.45) is 0 Å². The summed E-state index contributed by atoms with van der Waals surface area (Å²) in [5, 5.41) is 13.7. The van der Waals surface area contributed by atoms with Gasteiger partial charge in [0.25, 0.3) is 0 Å². The van der Waals surface area contributed by atoms with Gasteiger partial charge in [0.05, 0.1) is 31.6 Å². The number of allylic oxidation sites excluding steroid dienone is 3. The average molecular weight is 426 g/mol. The monoisotopic (exact) mass is 426 g/mol. The predicted molar refractivity (Wildman–Crippen MR) is 123 cm³/mol. The Labute approximate surface area is 187 Å². The summed E-state index contributed by atoms with van der Waals surface area (Å²) >= 11 is 0. The molecular formula is C27H23FN2O2. The summed E-state index contributed by atoms with van der Waals surface area (Å²) in [5.74, 6) is 0.522. The molecular weight excluding hydrogens is 403 g/mol. The molecule has 1 aliphatic rings. The van der Waals surface area contributed by atoms with Crippen molar-refractivity contribution in [3.63, 3.8) is 0 Å². The highest BCUT2D eigenvalue weighted by Crippen LogP contribution is 2.46. The van der Waals surface area contributed by atoms with Gasteiger partial charge in [0, 0.05) is 11.6 Å². The fourth-order valence-electron chi connectivity index (χ4n) is 4.16. The Balaban J connectivity index is 1.95. The maximum absolute atomic E-state index is 13.7. The van der Waals surface area contributed by atoms with Crippen LogP contribution in [0.15, 0.2) is 84.1 Å². The van der Waals surface area contributed by atoms with Crippen molar-refractivity contribution >= 4 is 11.3 Å². The van der Waals surface area contributed by atoms with Crippen molar-refractivity contribution < 1.29 is 13.9 Å². The van der Waals surface area contributed by atoms with Gasteiger partial charge in [0.2, 0.25) is 0 Å². The molecule has 1 atom stereocenters. The van der Waals surface area contributed by atoms with E-state index in [9.17, 15) is 9.65 Å². The molecule has 1 unspecified atom stereocenters. The van der Waals surface area contributed by atoms with E-state index in [-0.39, 0.29) is 11.7 Å². The molecule has 1 aliphatic heterocycles. The van der Waals surface area contributed by atoms with Gasteiger partial charge in [-0.3, -0.25) is 0 Å². The van der Waals surface area contributed by atoms with Crippen LogP contribution in [0, 0.1) is 17.1 Å². The van der Waals surface area contributed by atoms with Gasteiger partial charge in [-0.25, -0.2) is 4.39 Å². The zero-order valence-electron chi connectivity index (χ0n) is 18.1. The van der Waals surface area contributed by atoms with E-state index in [1.165, 1.54) is 12.1 Å². The Kier molecular flexibility index (Phi) is 5.96. The molecule has 160 valence electrons. The van der Waals surface area contributed by atoms with Crippen LogP contribution in [-0.4, -0.2) is 14.2 Å². The first-order valence-electron chi connectivity index (χ1n) is 10.2. The number of nitriles is 1. The summed E-state index contributed by atoms with van der Waals surface area (Å²) in [6.07, 6.45) is 0. The second-order valence-electron chi connectivity index (χ2n) is 7.48. The van der Waals surface area contributed by atoms with Crippen molar-refractivity contribution in [1.29, 1.82) is 5.26 Å². The minimum absolute atomic E-state index is 0.318. The molecule has 0 amide bonds. The van der Waals surface area contributed by atoms with Gasteiger partial charge in [-0.2, -0.15) is 5.26 Å². The van der Waals surface area contributed by atoms with Crippen molar-refractivity contribution in [2.45, 2.75) is 12.8 Å². The summed E-state index contributed by atoms with van der Waals surface area (Å²) in [6.45, 7) is 1.99. The lowest BCUT2D eigenvalue weighted by Gasteiger charge is -2.31. The molecule has 3 aromatic carbocycles. The Morgan fingerprint density at radius 3 is 2.19 bits per heavy atom. The van der Waals surface area contributed by atoms with Crippen molar-refractivity contribution in [3.05, 3.63) is 107 Å². The predicted octanol–water partition coefficient (Wildman–Crippen LogP) is 5.90. The molecule has 3 aromatic rings. The standard InChI is InChI=1S/C27H23FN2O2/c1-17-25(20-11-14-23(31-2)24(15-20)32-3)26(18-9-12-21(28)13-10-18)22(16-29)27(30-17)19-7-5-4-6-8-19/h4-15,26,30H,1-3H3. The third-order valence-electron chi connectivity index (χ3n) is 5.64. The van der Waals surface area contributed by atoms with Crippen LogP contribution in [0.2, 0.25) is 0 Å². The maximum atomic E-state index is 13.7. The largest absolute Gasteiger partial charge is 0.493 e. The molecule has 4 nitrogen and oxygen atoms in total. The number of hydrogen-bond donors (Lipinski definition) is 1. The molecule has 0 fully saturated rings. The molecule has 1 N–H and O–H groups in total. The van der Waals surface area contributed by atoms with E-state index in [0.717, 1.165) is 33.7 Å². The zero-order chi connectivity index (χ0) is 22.7. The van der Waals surface area contributed by atoms with E-state index in [1.54, 1.807) is 26.4 Å². The van der Waals surface area contributed by atoms with Gasteiger partial charge >= 0.3 is 0 Å². The van der Waals surface area contributed by atoms with E-state index in [0.29, 0.717) is 17.1 Å². The fourth-order valence-corrected chi connectivity index (χ4v) is 4.16. The molecule has 0 aliphatic carbocycles. The van der Waals surface area contributed by atoms with Crippen molar-refractivity contribution in [2.75, 3.05) is 14.2 Å². The molecule has 0 radical (unpaired) electrons. The van der Waals surface area contributed by atoms with Gasteiger partial charge in [-0.05, 0) is 53.5 Å². The van der Waals surface area contributed by atoms with Crippen LogP contribution in [0.4, 0.5) is 4.39 Å². The number of rotatable bonds is 5. The lowest BCUT2D eigenvalue weighted by Crippen LogP contribution is -2.24. The third-order valence-corrected chi connectivity index (χ3v) is 5.64. The normalized spacial score (nSPS) is 15.8. The number of halogens is 1. The summed E-state index contributed by atoms with van der Waals surface area (Å²) in [6, 6.07) is 24.2. The van der Waals surface area contributed by atoms with Gasteiger partial charge in [-0.1, -0.05) is 48.5 Å². The lowest BCUT2D eigenvalue weighted by molar-refractivity contribution is 0.355. The number of ether oxygens (including phenoxy) is 2. The summed E-state index contributed by atoms with van der Waals surface area (Å²) in [4.78, 5) is 0. The maximum Gasteiger partial charge on any atom is 0.161 e. The van der Waals surface area contributed by atoms with Crippen LogP contribution >= 0.6 is 0 Å². The third kappa shape index (κ3) is 3.83. The summed E-state index contributed by atoms with van der Waals surface area (Å²) in [7, 11) is 3.18. The highest BCUT2D eigenvalue weighted by Gasteiger charge is 2.32. The summed E-state index contributed by atoms with van der Waals surface area (Å²) < 4.78 is 24.6. The quantitative estimate of drug-likeness (QED) is 0.552. The number of nitrogens with one attached hydrogen (secondary N) is 1. The molecule has 5 heteroatoms. The van der Waals surface area contributed by atoms with Gasteiger partial charge < -0.3 is 14.8 Å². The van der Waals surface area contributed by atoms with E-state index in [1.807, 2.05) is 55.5 Å². The van der Waals surface area contributed by atoms with Gasteiger partial charge in [0.15, 0.2) is 11.5 Å². The molecule has 0 bridgehead atoms. The Morgan fingerprint density at radius 1 is 0.875 bits per heavy atom. The topological polar surface area (TPSA) is 54.3 Å². The van der Waals surface area contributed by atoms with E-state index < -0.39 is 0 Å². The minimum atomic E-state index is -0.379. The number of methoxy groups -OCH3 is 2. The fraction of sp³-hybridized carbons (Fsp3) is 0.148. The number of benzene rings is 3. The van der Waals surface area contributed by atoms with Crippen molar-refractivity contribution in [1.82, 2.24) is 5.32 Å². The smallest absolute Gasteiger partial charge is 0.161 e. The molecule has 0 aromatic heterocycles. The van der Waals surface area contributed by atoms with Crippen LogP contribution in [0.3, 0.4) is 0 Å². The molecule has 0 saturated carbocycles. The van der Waals surface area contributed by atoms with E-state index in [4.69, 9.17) is 9.47 Å². The number of dihydropyridines is 1. The highest BCUT2D eigenvalue weighted by molar-refractivity contribution is 5.88. The molecule has 0 saturated heterocycles. The average Bonchev–Trinajstić information content (AvgIpc) is 2.84.